The summed E-state index contributed by atoms with van der Waals surface area (Å²) in [6.07, 6.45) is 1.63. The topological polar surface area (TPSA) is 87.0 Å². The van der Waals surface area contributed by atoms with E-state index in [4.69, 9.17) is 9.15 Å². The second kappa shape index (κ2) is 10.9. The lowest BCUT2D eigenvalue weighted by molar-refractivity contribution is -0.139. The van der Waals surface area contributed by atoms with Gasteiger partial charge in [0.15, 0.2) is 0 Å². The van der Waals surface area contributed by atoms with Crippen LogP contribution in [0.1, 0.15) is 25.6 Å². The number of anilines is 1. The van der Waals surface area contributed by atoms with E-state index in [1.165, 1.54) is 0 Å². The number of methoxy groups -OCH3 is 1. The van der Waals surface area contributed by atoms with Crippen molar-refractivity contribution in [1.29, 1.82) is 0 Å². The molecule has 1 saturated heterocycles. The number of hydrogen-bond acceptors (Lipinski definition) is 6. The molecule has 0 saturated carbocycles. The first-order valence-electron chi connectivity index (χ1n) is 10.7. The molecule has 0 unspecified atom stereocenters. The Hall–Kier alpha value is -3.00. The molecule has 0 spiro atoms. The molecule has 1 aliphatic heterocycles. The van der Waals surface area contributed by atoms with E-state index >= 15 is 0 Å². The fourth-order valence-electron chi connectivity index (χ4n) is 3.62. The lowest BCUT2D eigenvalue weighted by Crippen LogP contribution is -2.51. The predicted molar refractivity (Wildman–Crippen MR) is 119 cm³/mol. The minimum Gasteiger partial charge on any atom is -0.497 e. The number of amides is 2. The third-order valence-corrected chi connectivity index (χ3v) is 5.40. The van der Waals surface area contributed by atoms with E-state index in [0.717, 1.165) is 43.4 Å². The lowest BCUT2D eigenvalue weighted by Gasteiger charge is -2.39. The van der Waals surface area contributed by atoms with Crippen LogP contribution in [-0.4, -0.2) is 63.1 Å². The number of nitrogens with zero attached hydrogens (tertiary/aromatic N) is 2. The smallest absolute Gasteiger partial charge is 0.309 e. The van der Waals surface area contributed by atoms with Gasteiger partial charge < -0.3 is 24.7 Å². The predicted octanol–water partition coefficient (Wildman–Crippen LogP) is 2.04. The lowest BCUT2D eigenvalue weighted by atomic mass is 10.1. The van der Waals surface area contributed by atoms with Gasteiger partial charge in [0.05, 0.1) is 19.4 Å². The Kier molecular flexibility index (Phi) is 7.94. The maximum atomic E-state index is 12.2. The maximum Gasteiger partial charge on any atom is 0.309 e. The molecular formula is C23H32N4O4. The van der Waals surface area contributed by atoms with Crippen LogP contribution in [0.4, 0.5) is 5.69 Å². The Morgan fingerprint density at radius 3 is 2.19 bits per heavy atom. The molecule has 1 aliphatic rings. The second-order valence-electron chi connectivity index (χ2n) is 8.07. The molecule has 1 atom stereocenters. The summed E-state index contributed by atoms with van der Waals surface area (Å²) in [5, 5.41) is 5.42. The summed E-state index contributed by atoms with van der Waals surface area (Å²) in [5.74, 6) is 0.689. The normalized spacial score (nSPS) is 15.5. The van der Waals surface area contributed by atoms with E-state index in [0.29, 0.717) is 13.1 Å². The average Bonchev–Trinajstić information content (AvgIpc) is 3.32. The number of carbonyl (C=O) groups excluding carboxylic acids is 2. The second-order valence-corrected chi connectivity index (χ2v) is 8.07. The summed E-state index contributed by atoms with van der Waals surface area (Å²) in [5.41, 5.74) is 1.16. The Morgan fingerprint density at radius 2 is 1.65 bits per heavy atom. The molecule has 1 aromatic carbocycles. The maximum absolute atomic E-state index is 12.2. The molecule has 1 aromatic heterocycles. The van der Waals surface area contributed by atoms with Crippen molar-refractivity contribution >= 4 is 17.5 Å². The zero-order valence-corrected chi connectivity index (χ0v) is 18.5. The Bertz CT molecular complexity index is 828. The van der Waals surface area contributed by atoms with E-state index in [9.17, 15) is 9.59 Å². The van der Waals surface area contributed by atoms with Crippen molar-refractivity contribution in [1.82, 2.24) is 15.5 Å². The minimum absolute atomic E-state index is 0.130. The van der Waals surface area contributed by atoms with Crippen molar-refractivity contribution in [2.45, 2.75) is 19.9 Å². The van der Waals surface area contributed by atoms with Crippen molar-refractivity contribution in [3.05, 3.63) is 48.4 Å². The van der Waals surface area contributed by atoms with E-state index in [1.807, 2.05) is 38.1 Å². The van der Waals surface area contributed by atoms with Crippen LogP contribution in [0.3, 0.4) is 0 Å². The Morgan fingerprint density at radius 1 is 1.00 bits per heavy atom. The molecule has 8 heteroatoms. The highest BCUT2D eigenvalue weighted by atomic mass is 16.5. The van der Waals surface area contributed by atoms with Crippen molar-refractivity contribution in [2.75, 3.05) is 51.3 Å². The number of carbonyl (C=O) groups is 2. The number of furan rings is 1. The number of rotatable bonds is 8. The van der Waals surface area contributed by atoms with Crippen LogP contribution in [0.2, 0.25) is 0 Å². The molecule has 2 heterocycles. The average molecular weight is 429 g/mol. The van der Waals surface area contributed by atoms with Crippen molar-refractivity contribution in [3.8, 4) is 5.75 Å². The van der Waals surface area contributed by atoms with Crippen LogP contribution >= 0.6 is 0 Å². The monoisotopic (exact) mass is 428 g/mol. The van der Waals surface area contributed by atoms with Crippen molar-refractivity contribution < 1.29 is 18.7 Å². The first kappa shape index (κ1) is 22.7. The first-order valence-corrected chi connectivity index (χ1v) is 10.7. The third-order valence-electron chi connectivity index (χ3n) is 5.40. The van der Waals surface area contributed by atoms with Crippen LogP contribution < -0.4 is 20.3 Å². The minimum atomic E-state index is -0.617. The highest BCUT2D eigenvalue weighted by Gasteiger charge is 2.28. The molecule has 8 nitrogen and oxygen atoms in total. The number of ether oxygens (including phenoxy) is 1. The molecular weight excluding hydrogens is 396 g/mol. The molecule has 0 radical (unpaired) electrons. The standard InChI is InChI=1S/C23H32N4O4/c1-17(2)15-24-22(28)23(29)25-16-20(21-5-4-14-31-21)27-12-10-26(11-13-27)18-6-8-19(30-3)9-7-18/h4-9,14,17,20H,10-13,15-16H2,1-3H3,(H,24,28)(H,25,29)/t20-/m1/s1. The van der Waals surface area contributed by atoms with Crippen LogP contribution in [0.25, 0.3) is 0 Å². The number of benzene rings is 1. The molecule has 0 aliphatic carbocycles. The quantitative estimate of drug-likeness (QED) is 0.626. The summed E-state index contributed by atoms with van der Waals surface area (Å²) in [6, 6.07) is 11.7. The van der Waals surface area contributed by atoms with Gasteiger partial charge in [-0.1, -0.05) is 13.8 Å². The van der Waals surface area contributed by atoms with Gasteiger partial charge in [0.2, 0.25) is 0 Å². The van der Waals surface area contributed by atoms with E-state index < -0.39 is 11.8 Å². The van der Waals surface area contributed by atoms with Gasteiger partial charge in [0, 0.05) is 45.0 Å². The molecule has 2 aromatic rings. The molecule has 2 amide bonds. The van der Waals surface area contributed by atoms with Crippen LogP contribution in [-0.2, 0) is 9.59 Å². The third kappa shape index (κ3) is 6.24. The highest BCUT2D eigenvalue weighted by Crippen LogP contribution is 2.25. The molecule has 168 valence electrons. The number of nitrogens with one attached hydrogen (secondary N) is 2. The van der Waals surface area contributed by atoms with Crippen LogP contribution in [0.15, 0.2) is 47.1 Å². The van der Waals surface area contributed by atoms with Crippen molar-refractivity contribution in [3.63, 3.8) is 0 Å². The Balaban J connectivity index is 1.57. The summed E-state index contributed by atoms with van der Waals surface area (Å²) >= 11 is 0. The van der Waals surface area contributed by atoms with Gasteiger partial charge in [-0.15, -0.1) is 0 Å². The molecule has 2 N–H and O–H groups in total. The summed E-state index contributed by atoms with van der Waals surface area (Å²) in [7, 11) is 1.66. The number of hydrogen-bond donors (Lipinski definition) is 2. The van der Waals surface area contributed by atoms with Gasteiger partial charge in [-0.25, -0.2) is 0 Å². The Labute approximate surface area is 183 Å². The zero-order valence-electron chi connectivity index (χ0n) is 18.5. The van der Waals surface area contributed by atoms with Gasteiger partial charge in [-0.2, -0.15) is 0 Å². The highest BCUT2D eigenvalue weighted by molar-refractivity contribution is 6.35. The van der Waals surface area contributed by atoms with Crippen LogP contribution in [0, 0.1) is 5.92 Å². The van der Waals surface area contributed by atoms with Crippen molar-refractivity contribution in [2.24, 2.45) is 5.92 Å². The molecule has 31 heavy (non-hydrogen) atoms. The zero-order chi connectivity index (χ0) is 22.2. The van der Waals surface area contributed by atoms with E-state index in [2.05, 4.69) is 32.6 Å². The number of piperazine rings is 1. The summed E-state index contributed by atoms with van der Waals surface area (Å²) in [6.45, 7) is 8.08. The van der Waals surface area contributed by atoms with Gasteiger partial charge in [0.25, 0.3) is 0 Å². The van der Waals surface area contributed by atoms with Gasteiger partial charge in [-0.05, 0) is 42.3 Å². The van der Waals surface area contributed by atoms with Gasteiger partial charge in [-0.3, -0.25) is 14.5 Å². The summed E-state index contributed by atoms with van der Waals surface area (Å²) < 4.78 is 10.9. The molecule has 0 bridgehead atoms. The fraction of sp³-hybridized carbons (Fsp3) is 0.478. The molecule has 3 rings (SSSR count). The first-order chi connectivity index (χ1) is 15.0. The fourth-order valence-corrected chi connectivity index (χ4v) is 3.62. The SMILES string of the molecule is COc1ccc(N2CCN([C@H](CNC(=O)C(=O)NCC(C)C)c3ccco3)CC2)cc1. The largest absolute Gasteiger partial charge is 0.497 e. The van der Waals surface area contributed by atoms with Gasteiger partial charge >= 0.3 is 11.8 Å². The molecule has 1 fully saturated rings. The summed E-state index contributed by atoms with van der Waals surface area (Å²) in [4.78, 5) is 28.8. The van der Waals surface area contributed by atoms with Crippen LogP contribution in [0.5, 0.6) is 5.75 Å². The van der Waals surface area contributed by atoms with E-state index in [-0.39, 0.29) is 12.0 Å². The van der Waals surface area contributed by atoms with Gasteiger partial charge in [0.1, 0.15) is 11.5 Å². The van der Waals surface area contributed by atoms with E-state index in [1.54, 1.807) is 13.4 Å².